The minimum absolute atomic E-state index is 0.365. The van der Waals surface area contributed by atoms with Crippen LogP contribution in [0.4, 0.5) is 0 Å². The highest BCUT2D eigenvalue weighted by Gasteiger charge is 2.22. The topological polar surface area (TPSA) is 43.1 Å². The molecule has 0 aromatic carbocycles. The lowest BCUT2D eigenvalue weighted by atomic mass is 10.00. The average Bonchev–Trinajstić information content (AvgIpc) is 2.35. The van der Waals surface area contributed by atoms with Crippen molar-refractivity contribution in [3.8, 4) is 0 Å². The van der Waals surface area contributed by atoms with Crippen molar-refractivity contribution in [1.82, 2.24) is 0 Å². The van der Waals surface area contributed by atoms with Gasteiger partial charge in [-0.15, -0.1) is 0 Å². The van der Waals surface area contributed by atoms with E-state index >= 15 is 0 Å². The van der Waals surface area contributed by atoms with E-state index in [2.05, 4.69) is 0 Å². The number of rotatable bonds is 3. The number of hydrogen-bond acceptors (Lipinski definition) is 2. The third-order valence-electron chi connectivity index (χ3n) is 2.49. The summed E-state index contributed by atoms with van der Waals surface area (Å²) in [5.41, 5.74) is 5.73. The Bertz CT molecular complexity index is 144. The maximum absolute atomic E-state index is 11.0. The zero-order valence-corrected chi connectivity index (χ0v) is 7.18. The lowest BCUT2D eigenvalue weighted by Gasteiger charge is -2.06. The first-order valence-electron chi connectivity index (χ1n) is 4.49. The van der Waals surface area contributed by atoms with Gasteiger partial charge >= 0.3 is 0 Å². The fraction of sp³-hybridized carbons (Fsp3) is 0.889. The largest absolute Gasteiger partial charge is 0.328 e. The summed E-state index contributed by atoms with van der Waals surface area (Å²) in [6, 6.07) is 0.365. The van der Waals surface area contributed by atoms with Crippen LogP contribution in [0.15, 0.2) is 0 Å². The van der Waals surface area contributed by atoms with Crippen molar-refractivity contribution in [3.63, 3.8) is 0 Å². The second kappa shape index (κ2) is 3.86. The molecule has 11 heavy (non-hydrogen) atoms. The molecule has 1 rings (SSSR count). The third kappa shape index (κ3) is 2.62. The van der Waals surface area contributed by atoms with Crippen LogP contribution < -0.4 is 5.73 Å². The van der Waals surface area contributed by atoms with Crippen LogP contribution >= 0.6 is 0 Å². The number of hydrogen-bond donors (Lipinski definition) is 1. The molecule has 2 atom stereocenters. The minimum atomic E-state index is 0.365. The standard InChI is InChI=1S/C9H17NO/c1-2-9(11)6-7-3-4-8(10)5-7/h7-8H,2-6,10H2,1H3. The number of Topliss-reactive ketones (excluding diaryl/α,β-unsaturated/α-hetero) is 1. The molecule has 2 nitrogen and oxygen atoms in total. The maximum Gasteiger partial charge on any atom is 0.132 e. The molecule has 0 aromatic rings. The molecule has 64 valence electrons. The molecule has 0 bridgehead atoms. The van der Waals surface area contributed by atoms with Gasteiger partial charge in [0, 0.05) is 18.9 Å². The van der Waals surface area contributed by atoms with Crippen LogP contribution in [0.2, 0.25) is 0 Å². The van der Waals surface area contributed by atoms with Gasteiger partial charge in [0.2, 0.25) is 0 Å². The summed E-state index contributed by atoms with van der Waals surface area (Å²) >= 11 is 0. The predicted octanol–water partition coefficient (Wildman–Crippen LogP) is 1.48. The Hall–Kier alpha value is -0.370. The lowest BCUT2D eigenvalue weighted by molar-refractivity contribution is -0.119. The SMILES string of the molecule is CCC(=O)CC1CCC(N)C1. The zero-order valence-electron chi connectivity index (χ0n) is 7.18. The Labute approximate surface area is 68.2 Å². The summed E-state index contributed by atoms with van der Waals surface area (Å²) in [4.78, 5) is 11.0. The maximum atomic E-state index is 11.0. The molecule has 1 aliphatic rings. The van der Waals surface area contributed by atoms with Crippen LogP contribution in [-0.2, 0) is 4.79 Å². The van der Waals surface area contributed by atoms with Crippen LogP contribution in [0.5, 0.6) is 0 Å². The quantitative estimate of drug-likeness (QED) is 0.671. The molecule has 2 heteroatoms. The Morgan fingerprint density at radius 3 is 2.73 bits per heavy atom. The Kier molecular flexibility index (Phi) is 3.06. The van der Waals surface area contributed by atoms with E-state index in [1.807, 2.05) is 6.92 Å². The van der Waals surface area contributed by atoms with Crippen molar-refractivity contribution in [1.29, 1.82) is 0 Å². The summed E-state index contributed by atoms with van der Waals surface area (Å²) in [5.74, 6) is 0.988. The highest BCUT2D eigenvalue weighted by atomic mass is 16.1. The second-order valence-corrected chi connectivity index (χ2v) is 3.54. The van der Waals surface area contributed by atoms with Crippen LogP contribution in [-0.4, -0.2) is 11.8 Å². The first-order chi connectivity index (χ1) is 5.22. The van der Waals surface area contributed by atoms with E-state index in [0.29, 0.717) is 24.2 Å². The van der Waals surface area contributed by atoms with E-state index in [4.69, 9.17) is 5.73 Å². The highest BCUT2D eigenvalue weighted by molar-refractivity contribution is 5.78. The molecule has 0 aromatic heterocycles. The summed E-state index contributed by atoms with van der Waals surface area (Å²) in [7, 11) is 0. The fourth-order valence-electron chi connectivity index (χ4n) is 1.77. The molecule has 1 saturated carbocycles. The Morgan fingerprint density at radius 1 is 1.55 bits per heavy atom. The molecule has 0 radical (unpaired) electrons. The molecule has 0 heterocycles. The molecule has 2 N–H and O–H groups in total. The summed E-state index contributed by atoms with van der Waals surface area (Å²) in [6.07, 6.45) is 4.79. The van der Waals surface area contributed by atoms with Gasteiger partial charge in [0.15, 0.2) is 0 Å². The molecule has 0 amide bonds. The van der Waals surface area contributed by atoms with E-state index in [9.17, 15) is 4.79 Å². The monoisotopic (exact) mass is 155 g/mol. The van der Waals surface area contributed by atoms with Gasteiger partial charge in [0.25, 0.3) is 0 Å². The van der Waals surface area contributed by atoms with Gasteiger partial charge in [-0.2, -0.15) is 0 Å². The van der Waals surface area contributed by atoms with E-state index in [1.54, 1.807) is 0 Å². The lowest BCUT2D eigenvalue weighted by Crippen LogP contribution is -2.15. The average molecular weight is 155 g/mol. The number of carbonyl (C=O) groups excluding carboxylic acids is 1. The fourth-order valence-corrected chi connectivity index (χ4v) is 1.77. The summed E-state index contributed by atoms with van der Waals surface area (Å²) in [5, 5.41) is 0. The third-order valence-corrected chi connectivity index (χ3v) is 2.49. The molecule has 0 aliphatic heterocycles. The molecular formula is C9H17NO. The second-order valence-electron chi connectivity index (χ2n) is 3.54. The van der Waals surface area contributed by atoms with Crippen LogP contribution in [0.25, 0.3) is 0 Å². The number of carbonyl (C=O) groups is 1. The van der Waals surface area contributed by atoms with Crippen molar-refractivity contribution in [2.45, 2.75) is 45.1 Å². The Balaban J connectivity index is 2.23. The summed E-state index contributed by atoms with van der Waals surface area (Å²) < 4.78 is 0. The van der Waals surface area contributed by atoms with Crippen LogP contribution in [0, 0.1) is 5.92 Å². The van der Waals surface area contributed by atoms with Gasteiger partial charge in [-0.1, -0.05) is 6.92 Å². The first kappa shape index (κ1) is 8.72. The molecule has 1 fully saturated rings. The van der Waals surface area contributed by atoms with Gasteiger partial charge in [0.05, 0.1) is 0 Å². The van der Waals surface area contributed by atoms with Gasteiger partial charge in [0.1, 0.15) is 5.78 Å². The van der Waals surface area contributed by atoms with E-state index in [-0.39, 0.29) is 0 Å². The molecule has 0 spiro atoms. The summed E-state index contributed by atoms with van der Waals surface area (Å²) in [6.45, 7) is 1.93. The number of ketones is 1. The van der Waals surface area contributed by atoms with E-state index < -0.39 is 0 Å². The van der Waals surface area contributed by atoms with Crippen molar-refractivity contribution in [3.05, 3.63) is 0 Å². The van der Waals surface area contributed by atoms with Crippen molar-refractivity contribution < 1.29 is 4.79 Å². The van der Waals surface area contributed by atoms with Gasteiger partial charge in [-0.05, 0) is 25.2 Å². The van der Waals surface area contributed by atoms with Crippen LogP contribution in [0.1, 0.15) is 39.0 Å². The zero-order chi connectivity index (χ0) is 8.27. The molecular weight excluding hydrogens is 138 g/mol. The van der Waals surface area contributed by atoms with Crippen LogP contribution in [0.3, 0.4) is 0 Å². The van der Waals surface area contributed by atoms with Crippen molar-refractivity contribution in [2.75, 3.05) is 0 Å². The van der Waals surface area contributed by atoms with E-state index in [1.165, 1.54) is 0 Å². The van der Waals surface area contributed by atoms with Crippen molar-refractivity contribution >= 4 is 5.78 Å². The first-order valence-corrected chi connectivity index (χ1v) is 4.49. The predicted molar refractivity (Wildman–Crippen MR) is 45.2 cm³/mol. The van der Waals surface area contributed by atoms with Gasteiger partial charge in [-0.25, -0.2) is 0 Å². The minimum Gasteiger partial charge on any atom is -0.328 e. The normalized spacial score (nSPS) is 30.7. The molecule has 2 unspecified atom stereocenters. The highest BCUT2D eigenvalue weighted by Crippen LogP contribution is 2.27. The van der Waals surface area contributed by atoms with Crippen molar-refractivity contribution in [2.24, 2.45) is 11.7 Å². The van der Waals surface area contributed by atoms with Gasteiger partial charge in [-0.3, -0.25) is 4.79 Å². The molecule has 1 aliphatic carbocycles. The Morgan fingerprint density at radius 2 is 2.27 bits per heavy atom. The van der Waals surface area contributed by atoms with E-state index in [0.717, 1.165) is 25.7 Å². The smallest absolute Gasteiger partial charge is 0.132 e. The van der Waals surface area contributed by atoms with Gasteiger partial charge < -0.3 is 5.73 Å². The number of nitrogens with two attached hydrogens (primary N) is 1. The molecule has 0 saturated heterocycles.